The summed E-state index contributed by atoms with van der Waals surface area (Å²) in [6.45, 7) is 0. The number of ether oxygens (including phenoxy) is 1. The number of primary amides is 1. The van der Waals surface area contributed by atoms with E-state index in [1.165, 1.54) is 0 Å². The molecule has 0 unspecified atom stereocenters. The zero-order chi connectivity index (χ0) is 14.7. The Morgan fingerprint density at radius 3 is 2.48 bits per heavy atom. The number of amides is 1. The minimum atomic E-state index is -0.546. The predicted molar refractivity (Wildman–Crippen MR) is 78.6 cm³/mol. The minimum absolute atomic E-state index is 0.310. The molecule has 0 aliphatic carbocycles. The first-order valence-corrected chi connectivity index (χ1v) is 6.41. The van der Waals surface area contributed by atoms with Crippen LogP contribution in [-0.4, -0.2) is 15.5 Å². The van der Waals surface area contributed by atoms with Gasteiger partial charge in [0.1, 0.15) is 17.1 Å². The number of nitrogens with two attached hydrogens (primary N) is 1. The van der Waals surface area contributed by atoms with E-state index in [-0.39, 0.29) is 0 Å². The maximum atomic E-state index is 11.6. The second-order valence-corrected chi connectivity index (χ2v) is 4.37. The average Bonchev–Trinajstić information content (AvgIpc) is 2.93. The van der Waals surface area contributed by atoms with Gasteiger partial charge in [0.05, 0.1) is 0 Å². The van der Waals surface area contributed by atoms with Crippen LogP contribution in [0.3, 0.4) is 0 Å². The lowest BCUT2D eigenvalue weighted by molar-refractivity contribution is 0.0998. The first-order chi connectivity index (χ1) is 10.3. The van der Waals surface area contributed by atoms with Crippen molar-refractivity contribution in [2.75, 3.05) is 0 Å². The van der Waals surface area contributed by atoms with E-state index in [4.69, 9.17) is 10.5 Å². The highest BCUT2D eigenvalue weighted by atomic mass is 16.5. The fourth-order valence-electron chi connectivity index (χ4n) is 1.99. The predicted octanol–water partition coefficient (Wildman–Crippen LogP) is 2.76. The molecule has 0 saturated carbocycles. The monoisotopic (exact) mass is 279 g/mol. The van der Waals surface area contributed by atoms with Gasteiger partial charge in [-0.1, -0.05) is 24.3 Å². The van der Waals surface area contributed by atoms with Crippen LogP contribution in [0.25, 0.3) is 5.82 Å². The molecule has 0 atom stereocenters. The number of carbonyl (C=O) groups excluding carboxylic acids is 1. The lowest BCUT2D eigenvalue weighted by Gasteiger charge is -2.11. The Hall–Kier alpha value is -3.08. The second kappa shape index (κ2) is 5.50. The third kappa shape index (κ3) is 2.62. The SMILES string of the molecule is NC(=O)c1ccn(-c2ccccn2)c1Oc1ccccc1. The summed E-state index contributed by atoms with van der Waals surface area (Å²) in [5.74, 6) is 1.08. The summed E-state index contributed by atoms with van der Waals surface area (Å²) in [4.78, 5) is 15.8. The molecule has 0 bridgehead atoms. The van der Waals surface area contributed by atoms with Gasteiger partial charge in [-0.2, -0.15) is 0 Å². The van der Waals surface area contributed by atoms with Crippen LogP contribution < -0.4 is 10.5 Å². The zero-order valence-corrected chi connectivity index (χ0v) is 11.1. The maximum absolute atomic E-state index is 11.6. The quantitative estimate of drug-likeness (QED) is 0.798. The Morgan fingerprint density at radius 2 is 1.81 bits per heavy atom. The van der Waals surface area contributed by atoms with Crippen molar-refractivity contribution >= 4 is 5.91 Å². The molecule has 0 fully saturated rings. The molecule has 1 amide bonds. The van der Waals surface area contributed by atoms with Crippen molar-refractivity contribution in [3.05, 3.63) is 72.6 Å². The van der Waals surface area contributed by atoms with E-state index in [0.29, 0.717) is 23.0 Å². The molecule has 0 radical (unpaired) electrons. The number of carbonyl (C=O) groups is 1. The molecule has 0 spiro atoms. The number of hydrogen-bond acceptors (Lipinski definition) is 3. The van der Waals surface area contributed by atoms with Crippen molar-refractivity contribution < 1.29 is 9.53 Å². The van der Waals surface area contributed by atoms with Crippen LogP contribution in [0.1, 0.15) is 10.4 Å². The number of hydrogen-bond donors (Lipinski definition) is 1. The largest absolute Gasteiger partial charge is 0.440 e. The highest BCUT2D eigenvalue weighted by Crippen LogP contribution is 2.28. The van der Waals surface area contributed by atoms with Gasteiger partial charge in [-0.15, -0.1) is 0 Å². The van der Waals surface area contributed by atoms with Crippen molar-refractivity contribution in [2.45, 2.75) is 0 Å². The number of nitrogens with zero attached hydrogens (tertiary/aromatic N) is 2. The highest BCUT2D eigenvalue weighted by Gasteiger charge is 2.17. The van der Waals surface area contributed by atoms with Gasteiger partial charge in [-0.05, 0) is 30.3 Å². The van der Waals surface area contributed by atoms with Crippen LogP contribution in [0.4, 0.5) is 0 Å². The van der Waals surface area contributed by atoms with E-state index in [2.05, 4.69) is 4.98 Å². The van der Waals surface area contributed by atoms with E-state index in [0.717, 1.165) is 0 Å². The van der Waals surface area contributed by atoms with Gasteiger partial charge in [0.2, 0.25) is 5.88 Å². The molecule has 1 aromatic carbocycles. The number of para-hydroxylation sites is 1. The third-order valence-electron chi connectivity index (χ3n) is 2.96. The normalized spacial score (nSPS) is 10.3. The van der Waals surface area contributed by atoms with E-state index in [9.17, 15) is 4.79 Å². The average molecular weight is 279 g/mol. The summed E-state index contributed by atoms with van der Waals surface area (Å²) in [5, 5.41) is 0. The summed E-state index contributed by atoms with van der Waals surface area (Å²) in [6, 6.07) is 16.3. The van der Waals surface area contributed by atoms with Crippen molar-refractivity contribution in [2.24, 2.45) is 5.73 Å². The molecule has 0 saturated heterocycles. The standard InChI is InChI=1S/C16H13N3O2/c17-15(20)13-9-11-19(14-8-4-5-10-18-14)16(13)21-12-6-2-1-3-7-12/h1-11H,(H2,17,20). The number of pyridine rings is 1. The maximum Gasteiger partial charge on any atom is 0.254 e. The number of aromatic nitrogens is 2. The third-order valence-corrected chi connectivity index (χ3v) is 2.96. The van der Waals surface area contributed by atoms with Gasteiger partial charge < -0.3 is 10.5 Å². The summed E-state index contributed by atoms with van der Waals surface area (Å²) < 4.78 is 7.51. The van der Waals surface area contributed by atoms with Gasteiger partial charge in [-0.25, -0.2) is 4.98 Å². The summed E-state index contributed by atoms with van der Waals surface area (Å²) >= 11 is 0. The van der Waals surface area contributed by atoms with Crippen LogP contribution in [0.5, 0.6) is 11.6 Å². The van der Waals surface area contributed by atoms with Crippen molar-refractivity contribution in [1.82, 2.24) is 9.55 Å². The Balaban J connectivity index is 2.08. The summed E-state index contributed by atoms with van der Waals surface area (Å²) in [6.07, 6.45) is 3.38. The number of rotatable bonds is 4. The Bertz CT molecular complexity index is 752. The topological polar surface area (TPSA) is 70.1 Å². The van der Waals surface area contributed by atoms with Crippen LogP contribution in [0.2, 0.25) is 0 Å². The van der Waals surface area contributed by atoms with Gasteiger partial charge >= 0.3 is 0 Å². The molecule has 2 N–H and O–H groups in total. The van der Waals surface area contributed by atoms with Crippen LogP contribution >= 0.6 is 0 Å². The molecule has 5 nitrogen and oxygen atoms in total. The number of benzene rings is 1. The molecule has 3 aromatic rings. The molecule has 0 aliphatic heterocycles. The molecule has 3 rings (SSSR count). The smallest absolute Gasteiger partial charge is 0.254 e. The Kier molecular flexibility index (Phi) is 3.39. The fourth-order valence-corrected chi connectivity index (χ4v) is 1.99. The van der Waals surface area contributed by atoms with Crippen LogP contribution in [0.15, 0.2) is 67.0 Å². The van der Waals surface area contributed by atoms with Crippen molar-refractivity contribution in [3.8, 4) is 17.4 Å². The lowest BCUT2D eigenvalue weighted by atomic mass is 10.3. The first kappa shape index (κ1) is 12.9. The highest BCUT2D eigenvalue weighted by molar-refractivity contribution is 5.95. The Morgan fingerprint density at radius 1 is 1.05 bits per heavy atom. The van der Waals surface area contributed by atoms with Crippen molar-refractivity contribution in [3.63, 3.8) is 0 Å². The molecule has 2 heterocycles. The Labute approximate surface area is 121 Å². The molecule has 2 aromatic heterocycles. The van der Waals surface area contributed by atoms with Gasteiger partial charge in [0, 0.05) is 12.4 Å². The minimum Gasteiger partial charge on any atom is -0.440 e. The second-order valence-electron chi connectivity index (χ2n) is 4.37. The molecule has 5 heteroatoms. The van der Waals surface area contributed by atoms with E-state index in [1.807, 2.05) is 36.4 Å². The fraction of sp³-hybridized carbons (Fsp3) is 0. The molecular formula is C16H13N3O2. The molecule has 104 valence electrons. The van der Waals surface area contributed by atoms with Crippen LogP contribution in [0, 0.1) is 0 Å². The summed E-state index contributed by atoms with van der Waals surface area (Å²) in [5.41, 5.74) is 5.72. The van der Waals surface area contributed by atoms with Crippen molar-refractivity contribution in [1.29, 1.82) is 0 Å². The van der Waals surface area contributed by atoms with Crippen LogP contribution in [-0.2, 0) is 0 Å². The van der Waals surface area contributed by atoms with E-state index >= 15 is 0 Å². The molecule has 0 aliphatic rings. The van der Waals surface area contributed by atoms with E-state index in [1.54, 1.807) is 35.2 Å². The molecular weight excluding hydrogens is 266 g/mol. The van der Waals surface area contributed by atoms with Gasteiger partial charge in [0.25, 0.3) is 5.91 Å². The molecule has 21 heavy (non-hydrogen) atoms. The van der Waals surface area contributed by atoms with Gasteiger partial charge in [-0.3, -0.25) is 9.36 Å². The summed E-state index contributed by atoms with van der Waals surface area (Å²) in [7, 11) is 0. The zero-order valence-electron chi connectivity index (χ0n) is 11.1. The first-order valence-electron chi connectivity index (χ1n) is 6.41. The lowest BCUT2D eigenvalue weighted by Crippen LogP contribution is -2.12. The van der Waals surface area contributed by atoms with Gasteiger partial charge in [0.15, 0.2) is 0 Å². The van der Waals surface area contributed by atoms with E-state index < -0.39 is 5.91 Å².